The van der Waals surface area contributed by atoms with E-state index in [9.17, 15) is 0 Å². The van der Waals surface area contributed by atoms with Gasteiger partial charge in [-0.3, -0.25) is 0 Å². The second-order valence-electron chi connectivity index (χ2n) is 5.21. The minimum Gasteiger partial charge on any atom is -0.381 e. The van der Waals surface area contributed by atoms with Crippen molar-refractivity contribution >= 4 is 11.3 Å². The maximum absolute atomic E-state index is 5.64. The summed E-state index contributed by atoms with van der Waals surface area (Å²) in [6.07, 6.45) is 6.20. The Labute approximate surface area is 115 Å². The van der Waals surface area contributed by atoms with E-state index in [0.717, 1.165) is 19.8 Å². The summed E-state index contributed by atoms with van der Waals surface area (Å²) in [7, 11) is 0. The van der Waals surface area contributed by atoms with E-state index in [2.05, 4.69) is 29.1 Å². The van der Waals surface area contributed by atoms with Crippen LogP contribution in [0.5, 0.6) is 0 Å². The first kappa shape index (κ1) is 14.0. The summed E-state index contributed by atoms with van der Waals surface area (Å²) in [6.45, 7) is 5.28. The molecule has 1 N–H and O–H groups in total. The molecule has 0 amide bonds. The Bertz CT molecular complexity index is 306. The van der Waals surface area contributed by atoms with Gasteiger partial charge >= 0.3 is 0 Å². The highest BCUT2D eigenvalue weighted by Gasteiger charge is 2.23. The molecule has 0 aromatic carbocycles. The third-order valence-electron chi connectivity index (χ3n) is 3.75. The molecule has 1 aliphatic rings. The molecule has 102 valence electrons. The Kier molecular flexibility index (Phi) is 6.18. The van der Waals surface area contributed by atoms with Gasteiger partial charge in [-0.05, 0) is 67.0 Å². The van der Waals surface area contributed by atoms with E-state index in [4.69, 9.17) is 4.74 Å². The lowest BCUT2D eigenvalue weighted by atomic mass is 9.90. The number of hydrogen-bond acceptors (Lipinski definition) is 3. The molecule has 2 heterocycles. The van der Waals surface area contributed by atoms with Crippen LogP contribution in [0.25, 0.3) is 0 Å². The van der Waals surface area contributed by atoms with Gasteiger partial charge in [-0.2, -0.15) is 11.3 Å². The van der Waals surface area contributed by atoms with Crippen molar-refractivity contribution in [2.24, 2.45) is 5.92 Å². The molecule has 0 spiro atoms. The van der Waals surface area contributed by atoms with Crippen LogP contribution >= 0.6 is 11.3 Å². The van der Waals surface area contributed by atoms with Gasteiger partial charge in [0.2, 0.25) is 0 Å². The fourth-order valence-corrected chi connectivity index (χ4v) is 3.38. The van der Waals surface area contributed by atoms with E-state index < -0.39 is 0 Å². The summed E-state index contributed by atoms with van der Waals surface area (Å²) in [5, 5.41) is 8.17. The van der Waals surface area contributed by atoms with Crippen molar-refractivity contribution in [2.75, 3.05) is 19.8 Å². The molecule has 0 aliphatic carbocycles. The third kappa shape index (κ3) is 4.38. The molecule has 18 heavy (non-hydrogen) atoms. The summed E-state index contributed by atoms with van der Waals surface area (Å²) in [5.74, 6) is 0.712. The molecule has 2 atom stereocenters. The second kappa shape index (κ2) is 7.93. The highest BCUT2D eigenvalue weighted by molar-refractivity contribution is 7.07. The molecule has 1 aliphatic heterocycles. The molecule has 2 rings (SSSR count). The molecule has 0 saturated carbocycles. The topological polar surface area (TPSA) is 21.3 Å². The first-order valence-corrected chi connectivity index (χ1v) is 8.16. The summed E-state index contributed by atoms with van der Waals surface area (Å²) in [5.41, 5.74) is 1.49. The molecule has 1 aromatic rings. The van der Waals surface area contributed by atoms with E-state index in [1.54, 1.807) is 11.3 Å². The first-order valence-electron chi connectivity index (χ1n) is 7.22. The van der Waals surface area contributed by atoms with Gasteiger partial charge in [0.1, 0.15) is 0 Å². The van der Waals surface area contributed by atoms with Gasteiger partial charge in [0.05, 0.1) is 6.61 Å². The highest BCUT2D eigenvalue weighted by atomic mass is 32.1. The van der Waals surface area contributed by atoms with E-state index >= 15 is 0 Å². The quantitative estimate of drug-likeness (QED) is 0.816. The average molecular weight is 267 g/mol. The Balaban J connectivity index is 1.83. The molecule has 3 heteroatoms. The van der Waals surface area contributed by atoms with Gasteiger partial charge in [0, 0.05) is 12.6 Å². The second-order valence-corrected chi connectivity index (χ2v) is 5.99. The summed E-state index contributed by atoms with van der Waals surface area (Å²) in [6, 6.07) is 2.88. The molecule has 1 saturated heterocycles. The zero-order valence-electron chi connectivity index (χ0n) is 11.4. The van der Waals surface area contributed by atoms with Crippen LogP contribution < -0.4 is 5.32 Å². The molecule has 0 bridgehead atoms. The van der Waals surface area contributed by atoms with Crippen LogP contribution in [0.2, 0.25) is 0 Å². The molecule has 1 aromatic heterocycles. The van der Waals surface area contributed by atoms with Crippen molar-refractivity contribution in [3.63, 3.8) is 0 Å². The van der Waals surface area contributed by atoms with Crippen molar-refractivity contribution in [3.8, 4) is 0 Å². The fourth-order valence-electron chi connectivity index (χ4n) is 2.67. The monoisotopic (exact) mass is 267 g/mol. The molecule has 1 fully saturated rings. The van der Waals surface area contributed by atoms with Gasteiger partial charge in [-0.25, -0.2) is 0 Å². The highest BCUT2D eigenvalue weighted by Crippen LogP contribution is 2.21. The standard InChI is InChI=1S/C15H25NOS/c1-2-8-16-15(14-4-3-9-17-11-14)6-5-13-7-10-18-12-13/h7,10,12,14-16H,2-6,8-9,11H2,1H3. The Morgan fingerprint density at radius 1 is 1.56 bits per heavy atom. The number of ether oxygens (including phenoxy) is 1. The van der Waals surface area contributed by atoms with Crippen LogP contribution in [-0.2, 0) is 11.2 Å². The van der Waals surface area contributed by atoms with Gasteiger partial charge in [0.25, 0.3) is 0 Å². The van der Waals surface area contributed by atoms with Gasteiger partial charge in [-0.15, -0.1) is 0 Å². The van der Waals surface area contributed by atoms with Gasteiger partial charge in [-0.1, -0.05) is 6.92 Å². The fraction of sp³-hybridized carbons (Fsp3) is 0.733. The normalized spacial score (nSPS) is 21.9. The van der Waals surface area contributed by atoms with Crippen LogP contribution in [0, 0.1) is 5.92 Å². The van der Waals surface area contributed by atoms with Crippen molar-refractivity contribution in [2.45, 2.75) is 45.1 Å². The first-order chi connectivity index (χ1) is 8.90. The molecule has 2 nitrogen and oxygen atoms in total. The number of nitrogens with one attached hydrogen (secondary N) is 1. The molecular formula is C15H25NOS. The summed E-state index contributed by atoms with van der Waals surface area (Å²) in [4.78, 5) is 0. The van der Waals surface area contributed by atoms with E-state index in [0.29, 0.717) is 12.0 Å². The predicted molar refractivity (Wildman–Crippen MR) is 78.3 cm³/mol. The molecule has 0 radical (unpaired) electrons. The van der Waals surface area contributed by atoms with Crippen LogP contribution in [0.1, 0.15) is 38.2 Å². The van der Waals surface area contributed by atoms with Crippen molar-refractivity contribution in [1.82, 2.24) is 5.32 Å². The smallest absolute Gasteiger partial charge is 0.0509 e. The van der Waals surface area contributed by atoms with Crippen molar-refractivity contribution < 1.29 is 4.74 Å². The number of aryl methyl sites for hydroxylation is 1. The average Bonchev–Trinajstić information content (AvgIpc) is 2.93. The lowest BCUT2D eigenvalue weighted by Crippen LogP contribution is -2.40. The van der Waals surface area contributed by atoms with E-state index in [1.165, 1.54) is 37.7 Å². The lowest BCUT2D eigenvalue weighted by molar-refractivity contribution is 0.0380. The molecular weight excluding hydrogens is 242 g/mol. The Hall–Kier alpha value is -0.380. The maximum Gasteiger partial charge on any atom is 0.0509 e. The van der Waals surface area contributed by atoms with Gasteiger partial charge < -0.3 is 10.1 Å². The minimum atomic E-state index is 0.630. The van der Waals surface area contributed by atoms with Crippen LogP contribution in [0.4, 0.5) is 0 Å². The number of rotatable bonds is 7. The van der Waals surface area contributed by atoms with E-state index in [-0.39, 0.29) is 0 Å². The largest absolute Gasteiger partial charge is 0.381 e. The predicted octanol–water partition coefficient (Wildman–Crippen LogP) is 3.48. The van der Waals surface area contributed by atoms with Crippen LogP contribution in [0.15, 0.2) is 16.8 Å². The third-order valence-corrected chi connectivity index (χ3v) is 4.48. The lowest BCUT2D eigenvalue weighted by Gasteiger charge is -2.31. The van der Waals surface area contributed by atoms with Crippen LogP contribution in [0.3, 0.4) is 0 Å². The summed E-state index contributed by atoms with van der Waals surface area (Å²) < 4.78 is 5.64. The Morgan fingerprint density at radius 2 is 2.50 bits per heavy atom. The number of hydrogen-bond donors (Lipinski definition) is 1. The van der Waals surface area contributed by atoms with E-state index in [1.807, 2.05) is 0 Å². The number of thiophene rings is 1. The Morgan fingerprint density at radius 3 is 3.17 bits per heavy atom. The summed E-state index contributed by atoms with van der Waals surface area (Å²) >= 11 is 1.80. The van der Waals surface area contributed by atoms with Crippen molar-refractivity contribution in [3.05, 3.63) is 22.4 Å². The SMILES string of the molecule is CCCNC(CCc1ccsc1)C1CCCOC1. The van der Waals surface area contributed by atoms with Gasteiger partial charge in [0.15, 0.2) is 0 Å². The molecule has 2 unspecified atom stereocenters. The minimum absolute atomic E-state index is 0.630. The maximum atomic E-state index is 5.64. The zero-order chi connectivity index (χ0) is 12.6. The van der Waals surface area contributed by atoms with Crippen LogP contribution in [-0.4, -0.2) is 25.8 Å². The zero-order valence-corrected chi connectivity index (χ0v) is 12.2. The van der Waals surface area contributed by atoms with Crippen molar-refractivity contribution in [1.29, 1.82) is 0 Å².